The largest absolute Gasteiger partial charge is 0.448 e. The minimum Gasteiger partial charge on any atom is -0.448 e. The van der Waals surface area contributed by atoms with E-state index in [2.05, 4.69) is 13.8 Å². The van der Waals surface area contributed by atoms with Gasteiger partial charge >= 0.3 is 5.97 Å². The molecular formula is C13H19NO3S. The van der Waals surface area contributed by atoms with E-state index in [-0.39, 0.29) is 0 Å². The van der Waals surface area contributed by atoms with Crippen LogP contribution in [0.25, 0.3) is 0 Å². The summed E-state index contributed by atoms with van der Waals surface area (Å²) in [4.78, 5) is 24.4. The molecule has 1 atom stereocenters. The lowest BCUT2D eigenvalue weighted by Crippen LogP contribution is -2.30. The average molecular weight is 269 g/mol. The van der Waals surface area contributed by atoms with E-state index >= 15 is 0 Å². The lowest BCUT2D eigenvalue weighted by atomic mass is 10.1. The quantitative estimate of drug-likeness (QED) is 0.806. The Morgan fingerprint density at radius 1 is 1.44 bits per heavy atom. The highest BCUT2D eigenvalue weighted by Crippen LogP contribution is 2.25. The fraction of sp³-hybridized carbons (Fsp3) is 0.538. The third-order valence-electron chi connectivity index (χ3n) is 2.64. The SMILES string of the molecule is CCCc1sc(C(=O)O[C@@H](C)C(N)=O)cc1CC. The fourth-order valence-corrected chi connectivity index (χ4v) is 2.82. The van der Waals surface area contributed by atoms with Gasteiger partial charge in [-0.2, -0.15) is 0 Å². The van der Waals surface area contributed by atoms with Crippen molar-refractivity contribution in [3.8, 4) is 0 Å². The number of carbonyl (C=O) groups is 2. The molecule has 0 unspecified atom stereocenters. The van der Waals surface area contributed by atoms with Crippen LogP contribution in [0.3, 0.4) is 0 Å². The standard InChI is InChI=1S/C13H19NO3S/c1-4-6-10-9(5-2)7-11(18-10)13(16)17-8(3)12(14)15/h7-8H,4-6H2,1-3H3,(H2,14,15)/t8-/m0/s1. The van der Waals surface area contributed by atoms with Crippen LogP contribution in [0.4, 0.5) is 0 Å². The molecule has 1 aromatic heterocycles. The Balaban J connectivity index is 2.83. The normalized spacial score (nSPS) is 12.2. The van der Waals surface area contributed by atoms with Gasteiger partial charge in [-0.3, -0.25) is 4.79 Å². The smallest absolute Gasteiger partial charge is 0.349 e. The molecule has 0 spiro atoms. The van der Waals surface area contributed by atoms with Crippen molar-refractivity contribution in [1.29, 1.82) is 0 Å². The summed E-state index contributed by atoms with van der Waals surface area (Å²) in [7, 11) is 0. The number of amides is 1. The van der Waals surface area contributed by atoms with E-state index in [1.54, 1.807) is 0 Å². The van der Waals surface area contributed by atoms with E-state index in [4.69, 9.17) is 10.5 Å². The maximum absolute atomic E-state index is 11.8. The number of carbonyl (C=O) groups excluding carboxylic acids is 2. The first kappa shape index (κ1) is 14.7. The summed E-state index contributed by atoms with van der Waals surface area (Å²) in [5, 5.41) is 0. The zero-order valence-corrected chi connectivity index (χ0v) is 11.8. The summed E-state index contributed by atoms with van der Waals surface area (Å²) >= 11 is 1.44. The van der Waals surface area contributed by atoms with Gasteiger partial charge in [-0.05, 0) is 31.4 Å². The van der Waals surface area contributed by atoms with Gasteiger partial charge in [-0.15, -0.1) is 11.3 Å². The summed E-state index contributed by atoms with van der Waals surface area (Å²) in [5.41, 5.74) is 6.24. The van der Waals surface area contributed by atoms with Crippen molar-refractivity contribution >= 4 is 23.2 Å². The lowest BCUT2D eigenvalue weighted by Gasteiger charge is -2.07. The Hall–Kier alpha value is -1.36. The molecule has 1 aromatic rings. The molecule has 5 heteroatoms. The number of ether oxygens (including phenoxy) is 1. The van der Waals surface area contributed by atoms with E-state index in [9.17, 15) is 9.59 Å². The lowest BCUT2D eigenvalue weighted by molar-refractivity contribution is -0.125. The molecule has 100 valence electrons. The second kappa shape index (κ2) is 6.54. The van der Waals surface area contributed by atoms with Crippen molar-refractivity contribution in [3.63, 3.8) is 0 Å². The van der Waals surface area contributed by atoms with E-state index in [1.165, 1.54) is 28.7 Å². The molecule has 0 saturated carbocycles. The molecule has 0 aliphatic carbocycles. The van der Waals surface area contributed by atoms with E-state index in [0.29, 0.717) is 4.88 Å². The van der Waals surface area contributed by atoms with Crippen LogP contribution in [-0.4, -0.2) is 18.0 Å². The van der Waals surface area contributed by atoms with E-state index < -0.39 is 18.0 Å². The summed E-state index contributed by atoms with van der Waals surface area (Å²) < 4.78 is 4.99. The summed E-state index contributed by atoms with van der Waals surface area (Å²) in [6, 6.07) is 1.85. The highest BCUT2D eigenvalue weighted by molar-refractivity contribution is 7.14. The third kappa shape index (κ3) is 3.57. The first-order chi connectivity index (χ1) is 8.49. The number of nitrogens with two attached hydrogens (primary N) is 1. The van der Waals surface area contributed by atoms with Crippen LogP contribution < -0.4 is 5.73 Å². The van der Waals surface area contributed by atoms with Crippen molar-refractivity contribution < 1.29 is 14.3 Å². The predicted molar refractivity (Wildman–Crippen MR) is 71.8 cm³/mol. The van der Waals surface area contributed by atoms with Crippen LogP contribution in [-0.2, 0) is 22.4 Å². The summed E-state index contributed by atoms with van der Waals surface area (Å²) in [6.07, 6.45) is 2.01. The second-order valence-corrected chi connectivity index (χ2v) is 5.25. The summed E-state index contributed by atoms with van der Waals surface area (Å²) in [6.45, 7) is 5.64. The van der Waals surface area contributed by atoms with Gasteiger partial charge in [0.25, 0.3) is 5.91 Å². The monoisotopic (exact) mass is 269 g/mol. The zero-order valence-electron chi connectivity index (χ0n) is 11.0. The van der Waals surface area contributed by atoms with Crippen LogP contribution >= 0.6 is 11.3 Å². The van der Waals surface area contributed by atoms with Gasteiger partial charge in [-0.25, -0.2) is 4.79 Å². The highest BCUT2D eigenvalue weighted by Gasteiger charge is 2.19. The number of thiophene rings is 1. The number of rotatable bonds is 6. The molecule has 18 heavy (non-hydrogen) atoms. The van der Waals surface area contributed by atoms with Gasteiger partial charge < -0.3 is 10.5 Å². The van der Waals surface area contributed by atoms with Crippen molar-refractivity contribution in [2.45, 2.75) is 46.1 Å². The van der Waals surface area contributed by atoms with Crippen LogP contribution in [0.1, 0.15) is 47.3 Å². The van der Waals surface area contributed by atoms with Crippen molar-refractivity contribution in [3.05, 3.63) is 21.4 Å². The van der Waals surface area contributed by atoms with Crippen molar-refractivity contribution in [1.82, 2.24) is 0 Å². The molecule has 0 aromatic carbocycles. The van der Waals surface area contributed by atoms with Crippen LogP contribution in [0, 0.1) is 0 Å². The maximum Gasteiger partial charge on any atom is 0.349 e. The summed E-state index contributed by atoms with van der Waals surface area (Å²) in [5.74, 6) is -1.10. The number of esters is 1. The Labute approximate surface area is 111 Å². The van der Waals surface area contributed by atoms with E-state index in [0.717, 1.165) is 19.3 Å². The predicted octanol–water partition coefficient (Wildman–Crippen LogP) is 2.29. The Kier molecular flexibility index (Phi) is 5.34. The van der Waals surface area contributed by atoms with Gasteiger partial charge in [0, 0.05) is 4.88 Å². The number of hydrogen-bond donors (Lipinski definition) is 1. The molecule has 1 amide bonds. The Morgan fingerprint density at radius 2 is 2.11 bits per heavy atom. The molecular weight excluding hydrogens is 250 g/mol. The van der Waals surface area contributed by atoms with Crippen LogP contribution in [0.15, 0.2) is 6.07 Å². The van der Waals surface area contributed by atoms with Crippen molar-refractivity contribution in [2.75, 3.05) is 0 Å². The van der Waals surface area contributed by atoms with Gasteiger partial charge in [0.15, 0.2) is 6.10 Å². The maximum atomic E-state index is 11.8. The highest BCUT2D eigenvalue weighted by atomic mass is 32.1. The topological polar surface area (TPSA) is 69.4 Å². The molecule has 1 rings (SSSR count). The molecule has 0 radical (unpaired) electrons. The molecule has 4 nitrogen and oxygen atoms in total. The first-order valence-corrected chi connectivity index (χ1v) is 6.93. The molecule has 0 bridgehead atoms. The van der Waals surface area contributed by atoms with Gasteiger partial charge in [-0.1, -0.05) is 20.3 Å². The van der Waals surface area contributed by atoms with Crippen LogP contribution in [0.2, 0.25) is 0 Å². The third-order valence-corrected chi connectivity index (χ3v) is 3.86. The first-order valence-electron chi connectivity index (χ1n) is 6.11. The molecule has 2 N–H and O–H groups in total. The van der Waals surface area contributed by atoms with Gasteiger partial charge in [0.1, 0.15) is 4.88 Å². The molecule has 0 fully saturated rings. The number of aryl methyl sites for hydroxylation is 2. The Bertz CT molecular complexity index is 439. The minimum atomic E-state index is -0.890. The zero-order chi connectivity index (χ0) is 13.7. The van der Waals surface area contributed by atoms with Gasteiger partial charge in [0.2, 0.25) is 0 Å². The molecule has 1 heterocycles. The van der Waals surface area contributed by atoms with Gasteiger partial charge in [0.05, 0.1) is 0 Å². The average Bonchev–Trinajstić information content (AvgIpc) is 2.72. The van der Waals surface area contributed by atoms with Crippen molar-refractivity contribution in [2.24, 2.45) is 5.73 Å². The Morgan fingerprint density at radius 3 is 2.61 bits per heavy atom. The molecule has 0 saturated heterocycles. The fourth-order valence-electron chi connectivity index (χ4n) is 1.58. The van der Waals surface area contributed by atoms with E-state index in [1.807, 2.05) is 6.07 Å². The minimum absolute atomic E-state index is 0.469. The van der Waals surface area contributed by atoms with Crippen LogP contribution in [0.5, 0.6) is 0 Å². The number of hydrogen-bond acceptors (Lipinski definition) is 4. The molecule has 0 aliphatic heterocycles. The number of primary amides is 1. The second-order valence-electron chi connectivity index (χ2n) is 4.11. The molecule has 0 aliphatic rings.